The van der Waals surface area contributed by atoms with E-state index in [4.69, 9.17) is 14.2 Å². The summed E-state index contributed by atoms with van der Waals surface area (Å²) in [5, 5.41) is 2.45. The maximum atomic E-state index is 14.5. The Morgan fingerprint density at radius 3 is 1.67 bits per heavy atom. The van der Waals surface area contributed by atoms with Gasteiger partial charge in [-0.3, -0.25) is 9.59 Å². The van der Waals surface area contributed by atoms with Crippen molar-refractivity contribution in [2.75, 3.05) is 13.2 Å². The van der Waals surface area contributed by atoms with Gasteiger partial charge in [0.1, 0.15) is 30.5 Å². The third kappa shape index (κ3) is 6.57. The van der Waals surface area contributed by atoms with E-state index in [9.17, 15) is 19.2 Å². The molecule has 0 aliphatic carbocycles. The number of ketones is 1. The molecule has 4 atom stereocenters. The van der Waals surface area contributed by atoms with Gasteiger partial charge in [-0.1, -0.05) is 123 Å². The van der Waals surface area contributed by atoms with E-state index in [2.05, 4.69) is 13.2 Å². The lowest BCUT2D eigenvalue weighted by molar-refractivity contribution is -0.162. The molecule has 8 nitrogen and oxygen atoms in total. The summed E-state index contributed by atoms with van der Waals surface area (Å²) in [7, 11) is 0. The SMILES string of the molecule is C=CCOC(=O)O[C@H](C)[C@H]1C(=O)N(C(C(=O)OCC=C)=P(c2ccccc2)(c2ccccc2)c2ccccc2)[C@@H]1[C@@H](C)C(C)=O. The Morgan fingerprint density at radius 2 is 1.24 bits per heavy atom. The van der Waals surface area contributed by atoms with Gasteiger partial charge in [0, 0.05) is 12.8 Å². The lowest BCUT2D eigenvalue weighted by atomic mass is 9.75. The fourth-order valence-corrected chi connectivity index (χ4v) is 10.2. The van der Waals surface area contributed by atoms with Gasteiger partial charge in [0.05, 0.1) is 12.0 Å². The van der Waals surface area contributed by atoms with Crippen LogP contribution in [0.25, 0.3) is 0 Å². The molecule has 45 heavy (non-hydrogen) atoms. The van der Waals surface area contributed by atoms with Gasteiger partial charge in [-0.05, 0) is 29.8 Å². The van der Waals surface area contributed by atoms with Crippen molar-refractivity contribution in [3.05, 3.63) is 116 Å². The molecule has 0 N–H and O–H groups in total. The molecule has 1 amide bonds. The molecule has 1 saturated heterocycles. The molecule has 234 valence electrons. The molecule has 0 bridgehead atoms. The number of ether oxygens (including phenoxy) is 3. The molecule has 0 unspecified atom stereocenters. The molecule has 3 aromatic carbocycles. The second-order valence-electron chi connectivity index (χ2n) is 10.7. The zero-order valence-corrected chi connectivity index (χ0v) is 26.6. The highest BCUT2D eigenvalue weighted by molar-refractivity contribution is 7.96. The van der Waals surface area contributed by atoms with Crippen molar-refractivity contribution in [1.29, 1.82) is 0 Å². The molecule has 4 rings (SSSR count). The zero-order valence-electron chi connectivity index (χ0n) is 25.7. The fraction of sp³-hybridized carbons (Fsp3) is 0.250. The van der Waals surface area contributed by atoms with Crippen molar-refractivity contribution in [3.8, 4) is 0 Å². The Balaban J connectivity index is 2.10. The molecule has 1 heterocycles. The van der Waals surface area contributed by atoms with Crippen molar-refractivity contribution in [1.82, 2.24) is 4.90 Å². The predicted molar refractivity (Wildman–Crippen MR) is 177 cm³/mol. The first-order valence-electron chi connectivity index (χ1n) is 14.7. The van der Waals surface area contributed by atoms with Gasteiger partial charge < -0.3 is 19.1 Å². The minimum atomic E-state index is -3.17. The van der Waals surface area contributed by atoms with E-state index in [1.165, 1.54) is 24.0 Å². The summed E-state index contributed by atoms with van der Waals surface area (Å²) in [6, 6.07) is 27.9. The van der Waals surface area contributed by atoms with Crippen LogP contribution in [0.1, 0.15) is 20.8 Å². The van der Waals surface area contributed by atoms with Gasteiger partial charge >= 0.3 is 12.1 Å². The van der Waals surface area contributed by atoms with Crippen LogP contribution >= 0.6 is 6.89 Å². The number of hydrogen-bond donors (Lipinski definition) is 0. The van der Waals surface area contributed by atoms with Crippen LogP contribution in [-0.4, -0.2) is 59.5 Å². The summed E-state index contributed by atoms with van der Waals surface area (Å²) in [6.07, 6.45) is 0.946. The number of Topliss-reactive ketones (excluding diaryl/α,β-unsaturated/α-hetero) is 1. The molecule has 1 aliphatic rings. The lowest BCUT2D eigenvalue weighted by Gasteiger charge is -2.52. The first-order chi connectivity index (χ1) is 21.7. The predicted octanol–water partition coefficient (Wildman–Crippen LogP) is 4.62. The van der Waals surface area contributed by atoms with E-state index in [1.54, 1.807) is 13.8 Å². The van der Waals surface area contributed by atoms with Gasteiger partial charge in [0.25, 0.3) is 0 Å². The third-order valence-corrected chi connectivity index (χ3v) is 12.2. The minimum Gasteiger partial charge on any atom is -0.457 e. The Kier molecular flexibility index (Phi) is 11.0. The molecular weight excluding hydrogens is 589 g/mol. The summed E-state index contributed by atoms with van der Waals surface area (Å²) < 4.78 is 16.2. The lowest BCUT2D eigenvalue weighted by Crippen LogP contribution is -2.71. The highest BCUT2D eigenvalue weighted by Crippen LogP contribution is 2.50. The highest BCUT2D eigenvalue weighted by atomic mass is 31.2. The number of benzene rings is 3. The van der Waals surface area contributed by atoms with Crippen LogP contribution < -0.4 is 15.9 Å². The Labute approximate surface area is 264 Å². The number of hydrogen-bond acceptors (Lipinski definition) is 7. The van der Waals surface area contributed by atoms with Gasteiger partial charge in [0.2, 0.25) is 5.91 Å². The third-order valence-electron chi connectivity index (χ3n) is 7.94. The smallest absolute Gasteiger partial charge is 0.457 e. The number of β-lactam (4-membered cyclic amide) rings is 1. The van der Waals surface area contributed by atoms with Crippen LogP contribution in [0.3, 0.4) is 0 Å². The number of esters is 1. The topological polar surface area (TPSA) is 99.2 Å². The average Bonchev–Trinajstić information content (AvgIpc) is 3.05. The number of amides is 1. The maximum absolute atomic E-state index is 14.5. The summed E-state index contributed by atoms with van der Waals surface area (Å²) in [6.45, 7) is 8.65. The van der Waals surface area contributed by atoms with Crippen LogP contribution in [0, 0.1) is 11.8 Å². The van der Waals surface area contributed by atoms with Crippen molar-refractivity contribution < 1.29 is 33.4 Å². The van der Waals surface area contributed by atoms with E-state index in [0.29, 0.717) is 0 Å². The van der Waals surface area contributed by atoms with Gasteiger partial charge in [-0.2, -0.15) is 0 Å². The van der Waals surface area contributed by atoms with Crippen LogP contribution in [0.15, 0.2) is 116 Å². The second-order valence-corrected chi connectivity index (χ2v) is 14.0. The highest BCUT2D eigenvalue weighted by Gasteiger charge is 2.58. The first kappa shape index (κ1) is 33.2. The normalized spacial score (nSPS) is 17.2. The molecule has 1 aliphatic heterocycles. The number of likely N-dealkylation sites (tertiary alicyclic amines) is 1. The van der Waals surface area contributed by atoms with Crippen LogP contribution in [-0.2, 0) is 28.6 Å². The van der Waals surface area contributed by atoms with Crippen molar-refractivity contribution in [3.63, 3.8) is 0 Å². The Morgan fingerprint density at radius 1 is 0.800 bits per heavy atom. The number of carbonyl (C=O) groups excluding carboxylic acids is 4. The van der Waals surface area contributed by atoms with Crippen molar-refractivity contribution >= 4 is 52.0 Å². The molecule has 0 saturated carbocycles. The minimum absolute atomic E-state index is 0.0606. The second kappa shape index (κ2) is 14.9. The zero-order chi connectivity index (χ0) is 32.6. The molecule has 0 spiro atoms. The van der Waals surface area contributed by atoms with Crippen LogP contribution in [0.2, 0.25) is 0 Å². The maximum Gasteiger partial charge on any atom is 0.508 e. The number of nitrogens with zero attached hydrogens (tertiary/aromatic N) is 1. The first-order valence-corrected chi connectivity index (χ1v) is 16.5. The van der Waals surface area contributed by atoms with Crippen molar-refractivity contribution in [2.45, 2.75) is 32.9 Å². The van der Waals surface area contributed by atoms with Crippen LogP contribution in [0.5, 0.6) is 0 Å². The largest absolute Gasteiger partial charge is 0.508 e. The monoisotopic (exact) mass is 627 g/mol. The van der Waals surface area contributed by atoms with E-state index in [0.717, 1.165) is 15.9 Å². The number of carbonyl (C=O) groups is 4. The molecule has 9 heteroatoms. The standard InChI is InChI=1S/C36H38NO7P/c1-6-23-42-35(40)34(37-32(25(3)26(4)38)31(33(37)39)27(5)44-36(41)43-24-7-2)45(28-17-11-8-12-18-28,29-19-13-9-14-20-29)30-21-15-10-16-22-30/h6-22,25,27,31-32H,1-2,23-24H2,3-5H3/t25-,27+,31+,32+/m0/s1. The van der Waals surface area contributed by atoms with Crippen molar-refractivity contribution in [2.24, 2.45) is 11.8 Å². The average molecular weight is 628 g/mol. The summed E-state index contributed by atoms with van der Waals surface area (Å²) >= 11 is 0. The Bertz CT molecular complexity index is 1500. The van der Waals surface area contributed by atoms with E-state index in [-0.39, 0.29) is 24.4 Å². The fourth-order valence-electron chi connectivity index (χ4n) is 5.78. The summed E-state index contributed by atoms with van der Waals surface area (Å²) in [4.78, 5) is 55.7. The van der Waals surface area contributed by atoms with Gasteiger partial charge in [-0.15, -0.1) is 0 Å². The Hall–Kier alpha value is -4.68. The van der Waals surface area contributed by atoms with E-state index in [1.807, 2.05) is 91.0 Å². The molecule has 3 aromatic rings. The van der Waals surface area contributed by atoms with E-state index < -0.39 is 48.9 Å². The molecule has 0 radical (unpaired) electrons. The summed E-state index contributed by atoms with van der Waals surface area (Å²) in [5.74, 6) is -2.99. The molecule has 0 aromatic heterocycles. The quantitative estimate of drug-likeness (QED) is 0.118. The van der Waals surface area contributed by atoms with Gasteiger partial charge in [-0.25, -0.2) is 9.59 Å². The molecule has 1 fully saturated rings. The van der Waals surface area contributed by atoms with E-state index >= 15 is 0 Å². The molecular formula is C36H38NO7P. The summed E-state index contributed by atoms with van der Waals surface area (Å²) in [5.41, 5.74) is 0.133. The van der Waals surface area contributed by atoms with Gasteiger partial charge in [0.15, 0.2) is 0 Å². The van der Waals surface area contributed by atoms with Crippen LogP contribution in [0.4, 0.5) is 4.79 Å². The number of rotatable bonds is 13.